The number of aromatic nitrogens is 2. The van der Waals surface area contributed by atoms with Crippen LogP contribution in [0.15, 0.2) is 47.1 Å². The summed E-state index contributed by atoms with van der Waals surface area (Å²) < 4.78 is 5.17. The van der Waals surface area contributed by atoms with Crippen molar-refractivity contribution in [2.75, 3.05) is 18.9 Å². The van der Waals surface area contributed by atoms with Crippen molar-refractivity contribution in [2.24, 2.45) is 0 Å². The largest absolute Gasteiger partial charge is 0.455 e. The monoisotopic (exact) mass is 399 g/mol. The summed E-state index contributed by atoms with van der Waals surface area (Å²) in [6.45, 7) is 0.997. The second kappa shape index (κ2) is 8.06. The fourth-order valence-corrected chi connectivity index (χ4v) is 4.57. The Kier molecular flexibility index (Phi) is 5.35. The minimum Gasteiger partial charge on any atom is -0.455 e. The lowest BCUT2D eigenvalue weighted by molar-refractivity contribution is -0.150. The number of hydrogen-bond acceptors (Lipinski definition) is 7. The van der Waals surface area contributed by atoms with Crippen molar-refractivity contribution >= 4 is 45.2 Å². The van der Waals surface area contributed by atoms with E-state index in [-0.39, 0.29) is 18.3 Å². The van der Waals surface area contributed by atoms with E-state index in [0.717, 1.165) is 27.2 Å². The van der Waals surface area contributed by atoms with Crippen LogP contribution in [0.3, 0.4) is 0 Å². The molecule has 2 aromatic heterocycles. The maximum absolute atomic E-state index is 12.3. The molecule has 0 unspecified atom stereocenters. The highest BCUT2D eigenvalue weighted by molar-refractivity contribution is 8.00. The van der Waals surface area contributed by atoms with E-state index in [1.54, 1.807) is 4.90 Å². The van der Waals surface area contributed by atoms with Crippen LogP contribution in [0.5, 0.6) is 0 Å². The summed E-state index contributed by atoms with van der Waals surface area (Å²) in [6.07, 6.45) is 2.32. The van der Waals surface area contributed by atoms with Gasteiger partial charge in [0, 0.05) is 18.5 Å². The molecule has 0 fully saturated rings. The molecule has 1 aliphatic rings. The Bertz CT molecular complexity index is 989. The van der Waals surface area contributed by atoms with Gasteiger partial charge in [0.15, 0.2) is 6.61 Å². The number of amides is 1. The second-order valence-electron chi connectivity index (χ2n) is 6.10. The number of rotatable bonds is 5. The predicted molar refractivity (Wildman–Crippen MR) is 105 cm³/mol. The van der Waals surface area contributed by atoms with Crippen molar-refractivity contribution in [3.05, 3.63) is 53.2 Å². The number of thiophene rings is 1. The van der Waals surface area contributed by atoms with E-state index in [2.05, 4.69) is 16.0 Å². The number of fused-ring (bicyclic) bond motifs is 2. The van der Waals surface area contributed by atoms with Gasteiger partial charge in [-0.05, 0) is 29.0 Å². The Labute approximate surface area is 164 Å². The SMILES string of the molecule is O=C(CSc1ncnc2sccc12)OCC(=O)N1CCc2ccccc2C1. The van der Waals surface area contributed by atoms with Gasteiger partial charge < -0.3 is 9.64 Å². The molecule has 0 bridgehead atoms. The van der Waals surface area contributed by atoms with Gasteiger partial charge in [0.1, 0.15) is 16.2 Å². The average molecular weight is 399 g/mol. The van der Waals surface area contributed by atoms with Gasteiger partial charge in [-0.3, -0.25) is 9.59 Å². The molecule has 1 amide bonds. The summed E-state index contributed by atoms with van der Waals surface area (Å²) in [6, 6.07) is 10.0. The quantitative estimate of drug-likeness (QED) is 0.373. The smallest absolute Gasteiger partial charge is 0.316 e. The molecule has 3 heterocycles. The number of carbonyl (C=O) groups is 2. The standard InChI is InChI=1S/C19H17N3O3S2/c23-16(22-7-5-13-3-1-2-4-14(13)9-22)10-25-17(24)11-27-19-15-6-8-26-18(15)20-12-21-19/h1-4,6,8,12H,5,7,9-11H2. The lowest BCUT2D eigenvalue weighted by Crippen LogP contribution is -2.38. The topological polar surface area (TPSA) is 72.4 Å². The normalized spacial score (nSPS) is 13.4. The third-order valence-corrected chi connectivity index (χ3v) is 6.19. The van der Waals surface area contributed by atoms with Gasteiger partial charge in [-0.2, -0.15) is 0 Å². The molecule has 0 N–H and O–H groups in total. The molecule has 8 heteroatoms. The van der Waals surface area contributed by atoms with E-state index >= 15 is 0 Å². The van der Waals surface area contributed by atoms with Crippen LogP contribution in [-0.2, 0) is 27.3 Å². The highest BCUT2D eigenvalue weighted by atomic mass is 32.2. The highest BCUT2D eigenvalue weighted by Crippen LogP contribution is 2.27. The van der Waals surface area contributed by atoms with Crippen LogP contribution < -0.4 is 0 Å². The third-order valence-electron chi connectivity index (χ3n) is 4.39. The maximum atomic E-state index is 12.3. The van der Waals surface area contributed by atoms with Crippen molar-refractivity contribution in [3.63, 3.8) is 0 Å². The van der Waals surface area contributed by atoms with Crippen LogP contribution in [0.2, 0.25) is 0 Å². The van der Waals surface area contributed by atoms with Gasteiger partial charge in [0.2, 0.25) is 0 Å². The molecule has 0 saturated heterocycles. The fraction of sp³-hybridized carbons (Fsp3) is 0.263. The Balaban J connectivity index is 1.27. The zero-order valence-corrected chi connectivity index (χ0v) is 16.1. The van der Waals surface area contributed by atoms with Gasteiger partial charge in [0.25, 0.3) is 5.91 Å². The molecule has 0 radical (unpaired) electrons. The van der Waals surface area contributed by atoms with Crippen LogP contribution in [0.1, 0.15) is 11.1 Å². The van der Waals surface area contributed by atoms with Crippen LogP contribution in [0.4, 0.5) is 0 Å². The third kappa shape index (κ3) is 4.12. The number of benzene rings is 1. The number of thioether (sulfide) groups is 1. The first-order chi connectivity index (χ1) is 13.2. The molecule has 4 rings (SSSR count). The zero-order valence-electron chi connectivity index (χ0n) is 14.5. The first-order valence-corrected chi connectivity index (χ1v) is 10.4. The Morgan fingerprint density at radius 1 is 1.19 bits per heavy atom. The summed E-state index contributed by atoms with van der Waals surface area (Å²) in [5.41, 5.74) is 2.43. The first kappa shape index (κ1) is 17.9. The minimum atomic E-state index is -0.423. The molecule has 6 nitrogen and oxygen atoms in total. The molecule has 1 aromatic carbocycles. The van der Waals surface area contributed by atoms with Crippen molar-refractivity contribution in [1.82, 2.24) is 14.9 Å². The minimum absolute atomic E-state index is 0.109. The number of hydrogen-bond donors (Lipinski definition) is 0. The van der Waals surface area contributed by atoms with Crippen molar-refractivity contribution in [2.45, 2.75) is 18.0 Å². The maximum Gasteiger partial charge on any atom is 0.316 e. The molecule has 27 heavy (non-hydrogen) atoms. The van der Waals surface area contributed by atoms with Gasteiger partial charge in [0.05, 0.1) is 5.75 Å². The Hall–Kier alpha value is -2.45. The Morgan fingerprint density at radius 3 is 2.93 bits per heavy atom. The van der Waals surface area contributed by atoms with E-state index in [9.17, 15) is 9.59 Å². The van der Waals surface area contributed by atoms with E-state index in [1.165, 1.54) is 35.0 Å². The van der Waals surface area contributed by atoms with Gasteiger partial charge in [-0.15, -0.1) is 11.3 Å². The molecule has 0 saturated carbocycles. The predicted octanol–water partition coefficient (Wildman–Crippen LogP) is 2.91. The molecule has 0 aliphatic carbocycles. The van der Waals surface area contributed by atoms with E-state index in [0.29, 0.717) is 13.1 Å². The summed E-state index contributed by atoms with van der Waals surface area (Å²) in [4.78, 5) is 35.4. The lowest BCUT2D eigenvalue weighted by atomic mass is 10.00. The molecule has 0 atom stereocenters. The first-order valence-electron chi connectivity index (χ1n) is 8.52. The Morgan fingerprint density at radius 2 is 2.04 bits per heavy atom. The number of esters is 1. The second-order valence-corrected chi connectivity index (χ2v) is 7.96. The fourth-order valence-electron chi connectivity index (χ4n) is 2.99. The van der Waals surface area contributed by atoms with E-state index in [1.807, 2.05) is 29.6 Å². The van der Waals surface area contributed by atoms with Crippen LogP contribution >= 0.6 is 23.1 Å². The molecular weight excluding hydrogens is 382 g/mol. The van der Waals surface area contributed by atoms with Gasteiger partial charge >= 0.3 is 5.97 Å². The van der Waals surface area contributed by atoms with Crippen LogP contribution in [-0.4, -0.2) is 45.6 Å². The van der Waals surface area contributed by atoms with Crippen molar-refractivity contribution in [3.8, 4) is 0 Å². The molecule has 3 aromatic rings. The zero-order chi connectivity index (χ0) is 18.6. The summed E-state index contributed by atoms with van der Waals surface area (Å²) >= 11 is 2.83. The number of carbonyl (C=O) groups excluding carboxylic acids is 2. The van der Waals surface area contributed by atoms with Gasteiger partial charge in [-0.1, -0.05) is 36.0 Å². The lowest BCUT2D eigenvalue weighted by Gasteiger charge is -2.28. The molecule has 138 valence electrons. The molecule has 1 aliphatic heterocycles. The van der Waals surface area contributed by atoms with Crippen LogP contribution in [0.25, 0.3) is 10.2 Å². The molecule has 0 spiro atoms. The average Bonchev–Trinajstić information content (AvgIpc) is 3.19. The summed E-state index contributed by atoms with van der Waals surface area (Å²) in [7, 11) is 0. The van der Waals surface area contributed by atoms with Crippen molar-refractivity contribution in [1.29, 1.82) is 0 Å². The number of ether oxygens (including phenoxy) is 1. The molecular formula is C19H17N3O3S2. The van der Waals surface area contributed by atoms with Gasteiger partial charge in [-0.25, -0.2) is 9.97 Å². The number of nitrogens with zero attached hydrogens (tertiary/aromatic N) is 3. The summed E-state index contributed by atoms with van der Waals surface area (Å²) in [5, 5.41) is 3.62. The van der Waals surface area contributed by atoms with E-state index in [4.69, 9.17) is 4.74 Å². The van der Waals surface area contributed by atoms with Crippen molar-refractivity contribution < 1.29 is 14.3 Å². The highest BCUT2D eigenvalue weighted by Gasteiger charge is 2.21. The van der Waals surface area contributed by atoms with E-state index < -0.39 is 5.97 Å². The summed E-state index contributed by atoms with van der Waals surface area (Å²) in [5.74, 6) is -0.476. The van der Waals surface area contributed by atoms with Crippen LogP contribution in [0, 0.1) is 0 Å².